The number of hydrogen-bond acceptors (Lipinski definition) is 5. The van der Waals surface area contributed by atoms with Gasteiger partial charge in [-0.1, -0.05) is 13.8 Å². The Hall–Kier alpha value is -1.43. The molecule has 100 valence electrons. The number of esters is 1. The first-order valence-electron chi connectivity index (χ1n) is 5.85. The largest absolute Gasteiger partial charge is 0.465 e. The summed E-state index contributed by atoms with van der Waals surface area (Å²) in [4.78, 5) is 27.8. The molecule has 0 spiro atoms. The molecule has 6 heteroatoms. The number of amides is 1. The van der Waals surface area contributed by atoms with Crippen molar-refractivity contribution < 1.29 is 14.3 Å². The molecule has 0 atom stereocenters. The summed E-state index contributed by atoms with van der Waals surface area (Å²) in [5, 5.41) is 3.21. The van der Waals surface area contributed by atoms with E-state index in [4.69, 9.17) is 4.74 Å². The SMILES string of the molecule is Cc1cnc(NC(=O)CCC(=O)OCC(C)C)s1. The summed E-state index contributed by atoms with van der Waals surface area (Å²) in [6, 6.07) is 0. The number of ether oxygens (including phenoxy) is 1. The zero-order valence-corrected chi connectivity index (χ0v) is 11.7. The van der Waals surface area contributed by atoms with Gasteiger partial charge in [-0.2, -0.15) is 0 Å². The molecule has 0 aliphatic rings. The third-order valence-electron chi connectivity index (χ3n) is 2.00. The van der Waals surface area contributed by atoms with Gasteiger partial charge in [0.15, 0.2) is 5.13 Å². The number of aryl methyl sites for hydroxylation is 1. The zero-order chi connectivity index (χ0) is 13.5. The molecule has 1 amide bonds. The van der Waals surface area contributed by atoms with Crippen molar-refractivity contribution in [2.45, 2.75) is 33.6 Å². The maximum atomic E-state index is 11.5. The van der Waals surface area contributed by atoms with Crippen molar-refractivity contribution in [2.24, 2.45) is 5.92 Å². The highest BCUT2D eigenvalue weighted by molar-refractivity contribution is 7.15. The van der Waals surface area contributed by atoms with E-state index in [0.717, 1.165) is 4.88 Å². The number of aromatic nitrogens is 1. The van der Waals surface area contributed by atoms with E-state index >= 15 is 0 Å². The van der Waals surface area contributed by atoms with Crippen molar-refractivity contribution in [2.75, 3.05) is 11.9 Å². The van der Waals surface area contributed by atoms with Crippen molar-refractivity contribution >= 4 is 28.3 Å². The molecule has 18 heavy (non-hydrogen) atoms. The first-order chi connectivity index (χ1) is 8.47. The van der Waals surface area contributed by atoms with E-state index in [1.165, 1.54) is 11.3 Å². The number of carbonyl (C=O) groups excluding carboxylic acids is 2. The molecule has 0 aliphatic heterocycles. The smallest absolute Gasteiger partial charge is 0.306 e. The number of carbonyl (C=O) groups is 2. The van der Waals surface area contributed by atoms with Crippen molar-refractivity contribution in [3.63, 3.8) is 0 Å². The van der Waals surface area contributed by atoms with Crippen LogP contribution in [0.4, 0.5) is 5.13 Å². The summed E-state index contributed by atoms with van der Waals surface area (Å²) in [5.41, 5.74) is 0. The standard InChI is InChI=1S/C12H18N2O3S/c1-8(2)7-17-11(16)5-4-10(15)14-12-13-6-9(3)18-12/h6,8H,4-5,7H2,1-3H3,(H,13,14,15). The van der Waals surface area contributed by atoms with E-state index in [0.29, 0.717) is 17.7 Å². The minimum atomic E-state index is -0.339. The molecule has 1 heterocycles. The van der Waals surface area contributed by atoms with Gasteiger partial charge in [0, 0.05) is 17.5 Å². The Morgan fingerprint density at radius 1 is 1.44 bits per heavy atom. The van der Waals surface area contributed by atoms with E-state index in [-0.39, 0.29) is 24.7 Å². The Morgan fingerprint density at radius 2 is 2.17 bits per heavy atom. The summed E-state index contributed by atoms with van der Waals surface area (Å²) in [6.07, 6.45) is 1.91. The Morgan fingerprint density at radius 3 is 2.72 bits per heavy atom. The second-order valence-corrected chi connectivity index (χ2v) is 5.64. The summed E-state index contributed by atoms with van der Waals surface area (Å²) in [6.45, 7) is 6.23. The molecule has 1 aromatic heterocycles. The molecule has 0 radical (unpaired) electrons. The third-order valence-corrected chi connectivity index (χ3v) is 2.83. The lowest BCUT2D eigenvalue weighted by atomic mass is 10.2. The molecule has 1 N–H and O–H groups in total. The predicted molar refractivity (Wildman–Crippen MR) is 70.5 cm³/mol. The summed E-state index contributed by atoms with van der Waals surface area (Å²) < 4.78 is 4.98. The van der Waals surface area contributed by atoms with Crippen molar-refractivity contribution in [1.82, 2.24) is 4.98 Å². The maximum Gasteiger partial charge on any atom is 0.306 e. The van der Waals surface area contributed by atoms with Crippen molar-refractivity contribution in [3.05, 3.63) is 11.1 Å². The van der Waals surface area contributed by atoms with Gasteiger partial charge in [0.25, 0.3) is 0 Å². The van der Waals surface area contributed by atoms with Crippen LogP contribution in [0.3, 0.4) is 0 Å². The quantitative estimate of drug-likeness (QED) is 0.806. The van der Waals surface area contributed by atoms with Crippen LogP contribution in [0.15, 0.2) is 6.20 Å². The Labute approximate surface area is 111 Å². The van der Waals surface area contributed by atoms with Crippen LogP contribution >= 0.6 is 11.3 Å². The predicted octanol–water partition coefficient (Wildman–Crippen LogP) is 2.37. The molecule has 0 saturated carbocycles. The normalized spacial score (nSPS) is 10.4. The van der Waals surface area contributed by atoms with Crippen LogP contribution in [0.25, 0.3) is 0 Å². The van der Waals surface area contributed by atoms with Gasteiger partial charge >= 0.3 is 5.97 Å². The molecular formula is C12H18N2O3S. The highest BCUT2D eigenvalue weighted by Crippen LogP contribution is 2.16. The zero-order valence-electron chi connectivity index (χ0n) is 10.9. The van der Waals surface area contributed by atoms with Gasteiger partial charge < -0.3 is 10.1 Å². The van der Waals surface area contributed by atoms with Gasteiger partial charge in [-0.05, 0) is 12.8 Å². The van der Waals surface area contributed by atoms with Crippen LogP contribution in [-0.2, 0) is 14.3 Å². The van der Waals surface area contributed by atoms with Crippen LogP contribution in [0, 0.1) is 12.8 Å². The van der Waals surface area contributed by atoms with Gasteiger partial charge in [-0.3, -0.25) is 9.59 Å². The lowest BCUT2D eigenvalue weighted by molar-refractivity contribution is -0.145. The fourth-order valence-corrected chi connectivity index (χ4v) is 1.82. The van der Waals surface area contributed by atoms with Crippen LogP contribution in [0.5, 0.6) is 0 Å². The third kappa shape index (κ3) is 5.77. The highest BCUT2D eigenvalue weighted by atomic mass is 32.1. The monoisotopic (exact) mass is 270 g/mol. The van der Waals surface area contributed by atoms with E-state index < -0.39 is 0 Å². The van der Waals surface area contributed by atoms with Crippen LogP contribution in [-0.4, -0.2) is 23.5 Å². The van der Waals surface area contributed by atoms with Crippen molar-refractivity contribution in [1.29, 1.82) is 0 Å². The Kier molecular flexibility index (Phi) is 5.77. The number of rotatable bonds is 6. The number of thiazole rings is 1. The minimum absolute atomic E-state index is 0.100. The van der Waals surface area contributed by atoms with Gasteiger partial charge in [0.05, 0.1) is 13.0 Å². The van der Waals surface area contributed by atoms with Gasteiger partial charge in [-0.25, -0.2) is 4.98 Å². The van der Waals surface area contributed by atoms with E-state index in [1.54, 1.807) is 6.20 Å². The molecule has 0 bridgehead atoms. The van der Waals surface area contributed by atoms with Gasteiger partial charge in [-0.15, -0.1) is 11.3 Å². The van der Waals surface area contributed by atoms with Crippen LogP contribution < -0.4 is 5.32 Å². The average molecular weight is 270 g/mol. The molecule has 1 rings (SSSR count). The Balaban J connectivity index is 2.22. The summed E-state index contributed by atoms with van der Waals surface area (Å²) in [7, 11) is 0. The van der Waals surface area contributed by atoms with Crippen LogP contribution in [0.2, 0.25) is 0 Å². The first-order valence-corrected chi connectivity index (χ1v) is 6.67. The molecule has 0 aromatic carbocycles. The number of nitrogens with zero attached hydrogens (tertiary/aromatic N) is 1. The molecule has 1 aromatic rings. The maximum absolute atomic E-state index is 11.5. The number of hydrogen-bond donors (Lipinski definition) is 1. The van der Waals surface area contributed by atoms with Gasteiger partial charge in [0.1, 0.15) is 0 Å². The number of anilines is 1. The van der Waals surface area contributed by atoms with Crippen molar-refractivity contribution in [3.8, 4) is 0 Å². The second-order valence-electron chi connectivity index (χ2n) is 4.40. The lowest BCUT2D eigenvalue weighted by Gasteiger charge is -2.06. The molecule has 0 fully saturated rings. The molecule has 5 nitrogen and oxygen atoms in total. The van der Waals surface area contributed by atoms with Gasteiger partial charge in [0.2, 0.25) is 5.91 Å². The molecule has 0 saturated heterocycles. The fraction of sp³-hybridized carbons (Fsp3) is 0.583. The summed E-state index contributed by atoms with van der Waals surface area (Å²) in [5.74, 6) is -0.249. The molecular weight excluding hydrogens is 252 g/mol. The van der Waals surface area contributed by atoms with E-state index in [1.807, 2.05) is 20.8 Å². The van der Waals surface area contributed by atoms with E-state index in [2.05, 4.69) is 10.3 Å². The second kappa shape index (κ2) is 7.10. The first kappa shape index (κ1) is 14.6. The Bertz CT molecular complexity index is 415. The lowest BCUT2D eigenvalue weighted by Crippen LogP contribution is -2.15. The topological polar surface area (TPSA) is 68.3 Å². The van der Waals surface area contributed by atoms with Crippen LogP contribution in [0.1, 0.15) is 31.6 Å². The fourth-order valence-electron chi connectivity index (χ4n) is 1.14. The molecule has 0 unspecified atom stereocenters. The van der Waals surface area contributed by atoms with E-state index in [9.17, 15) is 9.59 Å². The highest BCUT2D eigenvalue weighted by Gasteiger charge is 2.10. The minimum Gasteiger partial charge on any atom is -0.465 e. The summed E-state index contributed by atoms with van der Waals surface area (Å²) >= 11 is 1.41. The number of nitrogens with one attached hydrogen (secondary N) is 1. The molecule has 0 aliphatic carbocycles. The average Bonchev–Trinajstić information content (AvgIpc) is 2.69.